The number of amides is 3. The van der Waals surface area contributed by atoms with Crippen molar-refractivity contribution in [3.63, 3.8) is 0 Å². The van der Waals surface area contributed by atoms with Crippen molar-refractivity contribution in [2.45, 2.75) is 36.8 Å². The Kier molecular flexibility index (Phi) is 12.5. The number of nitrogens with one attached hydrogen (secondary N) is 3. The van der Waals surface area contributed by atoms with Crippen molar-refractivity contribution in [3.05, 3.63) is 101 Å². The number of carbonyl (C=O) groups excluding carboxylic acids is 4. The molecule has 1 aromatic heterocycles. The van der Waals surface area contributed by atoms with Crippen LogP contribution in [0, 0.1) is 0 Å². The van der Waals surface area contributed by atoms with E-state index in [-0.39, 0.29) is 36.4 Å². The Balaban J connectivity index is 1.48. The van der Waals surface area contributed by atoms with Gasteiger partial charge in [-0.3, -0.25) is 19.2 Å². The van der Waals surface area contributed by atoms with Crippen LogP contribution < -0.4 is 20.7 Å². The van der Waals surface area contributed by atoms with Crippen LogP contribution in [-0.4, -0.2) is 52.7 Å². The van der Waals surface area contributed by atoms with Gasteiger partial charge in [0.1, 0.15) is 17.2 Å². The molecule has 1 atom stereocenters. The minimum Gasteiger partial charge on any atom is -0.508 e. The fourth-order valence-electron chi connectivity index (χ4n) is 4.24. The van der Waals surface area contributed by atoms with Crippen LogP contribution in [0.1, 0.15) is 41.9 Å². The number of phenolic OH excluding ortho intramolecular Hbond substituents is 1. The molecule has 3 amide bonds. The molecule has 13 heteroatoms. The number of anilines is 2. The van der Waals surface area contributed by atoms with Gasteiger partial charge in [-0.05, 0) is 61.9 Å². The number of hydrogen-bond acceptors (Lipinski definition) is 10. The molecule has 244 valence electrons. The molecule has 0 aliphatic heterocycles. The van der Waals surface area contributed by atoms with Gasteiger partial charge in [0.25, 0.3) is 11.8 Å². The van der Waals surface area contributed by atoms with Gasteiger partial charge in [0, 0.05) is 33.2 Å². The van der Waals surface area contributed by atoms with E-state index in [1.165, 1.54) is 48.4 Å². The predicted molar refractivity (Wildman–Crippen MR) is 183 cm³/mol. The zero-order valence-electron chi connectivity index (χ0n) is 25.9. The SMILES string of the molecule is CCOC(=O)Cc1csc(NC(=O)C(CC)Sc2cccc(NC(=O)/C(=C\c3ccc(O)cc3OC)NC(=O)c3ccccc3)c2)n1. The van der Waals surface area contributed by atoms with Crippen LogP contribution in [0.2, 0.25) is 0 Å². The molecule has 47 heavy (non-hydrogen) atoms. The topological polar surface area (TPSA) is 156 Å². The molecule has 4 N–H and O–H groups in total. The van der Waals surface area contributed by atoms with E-state index in [9.17, 15) is 24.3 Å². The number of hydrogen-bond donors (Lipinski definition) is 4. The van der Waals surface area contributed by atoms with E-state index < -0.39 is 17.1 Å². The largest absolute Gasteiger partial charge is 0.508 e. The summed E-state index contributed by atoms with van der Waals surface area (Å²) in [5.41, 5.74) is 1.72. The standard InChI is InChI=1S/C34H34N4O7S2/c1-4-29(33(43)38-34-36-24(20-46-34)18-30(40)45-5-2)47-26-13-9-12-23(17-26)35-32(42)27(37-31(41)21-10-7-6-8-11-21)16-22-14-15-25(39)19-28(22)44-3/h6-17,19-20,29,39H,4-5,18H2,1-3H3,(H,35,42)(H,37,41)(H,36,38,43)/b27-16+. The zero-order valence-corrected chi connectivity index (χ0v) is 27.6. The number of nitrogens with zero attached hydrogens (tertiary/aromatic N) is 1. The molecule has 0 aliphatic rings. The van der Waals surface area contributed by atoms with E-state index in [1.54, 1.807) is 66.9 Å². The van der Waals surface area contributed by atoms with Gasteiger partial charge in [0.05, 0.1) is 31.1 Å². The average molecular weight is 675 g/mol. The van der Waals surface area contributed by atoms with E-state index in [1.807, 2.05) is 13.0 Å². The van der Waals surface area contributed by atoms with Gasteiger partial charge < -0.3 is 30.5 Å². The van der Waals surface area contributed by atoms with Gasteiger partial charge in [-0.1, -0.05) is 31.2 Å². The molecule has 1 heterocycles. The Morgan fingerprint density at radius 3 is 2.51 bits per heavy atom. The molecule has 0 saturated heterocycles. The Morgan fingerprint density at radius 2 is 1.79 bits per heavy atom. The second-order valence-electron chi connectivity index (χ2n) is 9.92. The van der Waals surface area contributed by atoms with Crippen LogP contribution in [0.3, 0.4) is 0 Å². The molecular weight excluding hydrogens is 641 g/mol. The minimum atomic E-state index is -0.598. The predicted octanol–water partition coefficient (Wildman–Crippen LogP) is 5.88. The highest BCUT2D eigenvalue weighted by Gasteiger charge is 2.21. The Labute approximate surface area is 280 Å². The number of aromatic nitrogens is 1. The highest BCUT2D eigenvalue weighted by Crippen LogP contribution is 2.30. The third kappa shape index (κ3) is 10.2. The van der Waals surface area contributed by atoms with Gasteiger partial charge >= 0.3 is 5.97 Å². The van der Waals surface area contributed by atoms with Crippen molar-refractivity contribution in [3.8, 4) is 11.5 Å². The molecule has 4 rings (SSSR count). The van der Waals surface area contributed by atoms with E-state index in [0.29, 0.717) is 39.8 Å². The summed E-state index contributed by atoms with van der Waals surface area (Å²) in [5, 5.41) is 19.8. The first kappa shape index (κ1) is 34.7. The third-order valence-electron chi connectivity index (χ3n) is 6.49. The summed E-state index contributed by atoms with van der Waals surface area (Å²) in [6.45, 7) is 3.90. The number of ether oxygens (including phenoxy) is 2. The first-order chi connectivity index (χ1) is 22.7. The number of rotatable bonds is 14. The van der Waals surface area contributed by atoms with E-state index in [0.717, 1.165) is 4.90 Å². The van der Waals surface area contributed by atoms with Crippen LogP contribution in [0.15, 0.2) is 88.8 Å². The summed E-state index contributed by atoms with van der Waals surface area (Å²) in [7, 11) is 1.43. The zero-order chi connectivity index (χ0) is 33.8. The fraction of sp³-hybridized carbons (Fsp3) is 0.206. The molecule has 0 spiro atoms. The van der Waals surface area contributed by atoms with Crippen molar-refractivity contribution in [1.82, 2.24) is 10.3 Å². The molecule has 0 bridgehead atoms. The molecule has 1 unspecified atom stereocenters. The number of thiazole rings is 1. The number of carbonyl (C=O) groups is 4. The van der Waals surface area contributed by atoms with E-state index in [2.05, 4.69) is 20.9 Å². The van der Waals surface area contributed by atoms with E-state index in [4.69, 9.17) is 9.47 Å². The normalized spacial score (nSPS) is 11.7. The summed E-state index contributed by atoms with van der Waals surface area (Å²) in [6, 6.07) is 19.9. The lowest BCUT2D eigenvalue weighted by molar-refractivity contribution is -0.142. The van der Waals surface area contributed by atoms with Gasteiger partial charge in [-0.15, -0.1) is 23.1 Å². The maximum absolute atomic E-state index is 13.6. The molecule has 0 fully saturated rings. The minimum absolute atomic E-state index is 0.0166. The Hall–Kier alpha value is -5.14. The lowest BCUT2D eigenvalue weighted by Crippen LogP contribution is -2.30. The molecule has 0 aliphatic carbocycles. The lowest BCUT2D eigenvalue weighted by atomic mass is 10.1. The Morgan fingerprint density at radius 1 is 1.00 bits per heavy atom. The van der Waals surface area contributed by atoms with Crippen molar-refractivity contribution in [2.24, 2.45) is 0 Å². The van der Waals surface area contributed by atoms with Crippen molar-refractivity contribution >= 4 is 63.7 Å². The average Bonchev–Trinajstić information content (AvgIpc) is 3.50. The van der Waals surface area contributed by atoms with Gasteiger partial charge in [0.2, 0.25) is 5.91 Å². The number of phenols is 1. The van der Waals surface area contributed by atoms with Crippen LogP contribution in [-0.2, 0) is 25.5 Å². The van der Waals surface area contributed by atoms with E-state index >= 15 is 0 Å². The Bertz CT molecular complexity index is 1760. The fourth-order valence-corrected chi connectivity index (χ4v) is 5.97. The molecule has 4 aromatic rings. The third-order valence-corrected chi connectivity index (χ3v) is 8.66. The summed E-state index contributed by atoms with van der Waals surface area (Å²) >= 11 is 2.55. The highest BCUT2D eigenvalue weighted by atomic mass is 32.2. The lowest BCUT2D eigenvalue weighted by Gasteiger charge is -2.15. The van der Waals surface area contributed by atoms with Crippen molar-refractivity contribution in [1.29, 1.82) is 0 Å². The van der Waals surface area contributed by atoms with Crippen molar-refractivity contribution < 1.29 is 33.8 Å². The van der Waals surface area contributed by atoms with Gasteiger partial charge in [-0.2, -0.15) is 0 Å². The quantitative estimate of drug-likeness (QED) is 0.0729. The van der Waals surface area contributed by atoms with Crippen LogP contribution in [0.4, 0.5) is 10.8 Å². The number of aromatic hydroxyl groups is 1. The van der Waals surface area contributed by atoms with Crippen LogP contribution >= 0.6 is 23.1 Å². The number of esters is 1. The molecule has 0 radical (unpaired) electrons. The number of benzene rings is 3. The first-order valence-corrected chi connectivity index (χ1v) is 16.4. The van der Waals surface area contributed by atoms with Gasteiger partial charge in [-0.25, -0.2) is 4.98 Å². The summed E-state index contributed by atoms with van der Waals surface area (Å²) < 4.78 is 10.3. The molecule has 11 nitrogen and oxygen atoms in total. The summed E-state index contributed by atoms with van der Waals surface area (Å²) in [5.74, 6) is -1.43. The molecular formula is C34H34N4O7S2. The van der Waals surface area contributed by atoms with Gasteiger partial charge in [0.15, 0.2) is 5.13 Å². The monoisotopic (exact) mass is 674 g/mol. The highest BCUT2D eigenvalue weighted by molar-refractivity contribution is 8.00. The smallest absolute Gasteiger partial charge is 0.311 e. The number of methoxy groups -OCH3 is 1. The maximum Gasteiger partial charge on any atom is 0.311 e. The summed E-state index contributed by atoms with van der Waals surface area (Å²) in [6.07, 6.45) is 2.00. The second-order valence-corrected chi connectivity index (χ2v) is 12.1. The maximum atomic E-state index is 13.6. The molecule has 0 saturated carbocycles. The van der Waals surface area contributed by atoms with Crippen LogP contribution in [0.25, 0.3) is 6.08 Å². The van der Waals surface area contributed by atoms with Crippen molar-refractivity contribution in [2.75, 3.05) is 24.4 Å². The summed E-state index contributed by atoms with van der Waals surface area (Å²) in [4.78, 5) is 56.5. The number of thioether (sulfide) groups is 1. The molecule has 3 aromatic carbocycles. The van der Waals surface area contributed by atoms with Crippen LogP contribution in [0.5, 0.6) is 11.5 Å². The second kappa shape index (κ2) is 17.0. The first-order valence-electron chi connectivity index (χ1n) is 14.6.